The molecule has 2 N–H and O–H groups in total. The van der Waals surface area contributed by atoms with Crippen molar-refractivity contribution in [1.82, 2.24) is 20.4 Å². The third kappa shape index (κ3) is 3.83. The van der Waals surface area contributed by atoms with E-state index >= 15 is 0 Å². The first-order valence-corrected chi connectivity index (χ1v) is 9.62. The molecule has 0 aromatic carbocycles. The number of carbonyl (C=O) groups is 3. The van der Waals surface area contributed by atoms with Crippen molar-refractivity contribution in [3.8, 4) is 0 Å². The van der Waals surface area contributed by atoms with Gasteiger partial charge in [-0.25, -0.2) is 4.79 Å². The topological polar surface area (TPSA) is 81.8 Å². The van der Waals surface area contributed by atoms with E-state index in [1.54, 1.807) is 11.8 Å². The molecule has 4 amide bonds. The molecular formula is C18H29ClN4O3. The highest BCUT2D eigenvalue weighted by Gasteiger charge is 2.56. The molecule has 4 fully saturated rings. The third-order valence-electron chi connectivity index (χ3n) is 6.23. The van der Waals surface area contributed by atoms with Crippen molar-refractivity contribution < 1.29 is 14.4 Å². The lowest BCUT2D eigenvalue weighted by Crippen LogP contribution is -2.50. The second-order valence-electron chi connectivity index (χ2n) is 8.30. The summed E-state index contributed by atoms with van der Waals surface area (Å²) in [7, 11) is 0. The molecule has 0 aromatic heterocycles. The number of amides is 4. The number of nitrogens with one attached hydrogen (secondary N) is 2. The predicted molar refractivity (Wildman–Crippen MR) is 99.0 cm³/mol. The predicted octanol–water partition coefficient (Wildman–Crippen LogP) is 1.12. The Kier molecular flexibility index (Phi) is 5.49. The Morgan fingerprint density at radius 2 is 1.81 bits per heavy atom. The van der Waals surface area contributed by atoms with Gasteiger partial charge in [-0.05, 0) is 63.8 Å². The lowest BCUT2D eigenvalue weighted by atomic mass is 9.96. The molecule has 4 aliphatic rings. The van der Waals surface area contributed by atoms with Gasteiger partial charge in [-0.15, -0.1) is 12.4 Å². The van der Waals surface area contributed by atoms with E-state index in [0.717, 1.165) is 43.0 Å². The molecule has 1 unspecified atom stereocenters. The van der Waals surface area contributed by atoms with Gasteiger partial charge in [0.2, 0.25) is 5.91 Å². The fraction of sp³-hybridized carbons (Fsp3) is 0.833. The van der Waals surface area contributed by atoms with Crippen LogP contribution in [0.2, 0.25) is 0 Å². The highest BCUT2D eigenvalue weighted by molar-refractivity contribution is 6.09. The van der Waals surface area contributed by atoms with Crippen molar-refractivity contribution in [3.63, 3.8) is 0 Å². The number of piperidine rings is 1. The number of likely N-dealkylation sites (tertiary alicyclic amines) is 1. The van der Waals surface area contributed by atoms with E-state index in [9.17, 15) is 14.4 Å². The summed E-state index contributed by atoms with van der Waals surface area (Å²) >= 11 is 0. The Morgan fingerprint density at radius 1 is 1.15 bits per heavy atom. The van der Waals surface area contributed by atoms with Crippen LogP contribution in [0.4, 0.5) is 4.79 Å². The number of hydrogen-bond acceptors (Lipinski definition) is 4. The Labute approximate surface area is 160 Å². The van der Waals surface area contributed by atoms with Crippen molar-refractivity contribution in [2.75, 3.05) is 26.2 Å². The Hall–Kier alpha value is -1.34. The molecule has 0 radical (unpaired) electrons. The van der Waals surface area contributed by atoms with Gasteiger partial charge in [0.25, 0.3) is 5.91 Å². The summed E-state index contributed by atoms with van der Waals surface area (Å²) in [5.41, 5.74) is -0.808. The number of hydrogen-bond donors (Lipinski definition) is 2. The second kappa shape index (κ2) is 7.35. The average molecular weight is 385 g/mol. The molecule has 0 aromatic rings. The monoisotopic (exact) mass is 384 g/mol. The number of urea groups is 1. The van der Waals surface area contributed by atoms with Crippen molar-refractivity contribution in [2.24, 2.45) is 11.8 Å². The minimum Gasteiger partial charge on any atom is -0.341 e. The van der Waals surface area contributed by atoms with Crippen LogP contribution in [0.3, 0.4) is 0 Å². The van der Waals surface area contributed by atoms with Crippen LogP contribution >= 0.6 is 12.4 Å². The van der Waals surface area contributed by atoms with Crippen LogP contribution in [0.15, 0.2) is 0 Å². The Balaban J connectivity index is 0.00000196. The van der Waals surface area contributed by atoms with E-state index in [4.69, 9.17) is 0 Å². The minimum absolute atomic E-state index is 0. The summed E-state index contributed by atoms with van der Waals surface area (Å²) in [5.74, 6) is 0.719. The smallest absolute Gasteiger partial charge is 0.325 e. The SMILES string of the molecule is CC1(C2CC2)NC(=O)N(CC(=O)N2CCC(NCC3CC3)CC2)C1=O.Cl. The first-order valence-electron chi connectivity index (χ1n) is 9.62. The maximum atomic E-state index is 12.6. The fourth-order valence-corrected chi connectivity index (χ4v) is 4.02. The number of halogens is 1. The normalized spacial score (nSPS) is 29.6. The van der Waals surface area contributed by atoms with Gasteiger partial charge < -0.3 is 15.5 Å². The van der Waals surface area contributed by atoms with Gasteiger partial charge in [0.1, 0.15) is 12.1 Å². The van der Waals surface area contributed by atoms with E-state index < -0.39 is 11.6 Å². The van der Waals surface area contributed by atoms with Gasteiger partial charge in [-0.3, -0.25) is 14.5 Å². The van der Waals surface area contributed by atoms with Gasteiger partial charge in [-0.2, -0.15) is 0 Å². The summed E-state index contributed by atoms with van der Waals surface area (Å²) in [6.07, 6.45) is 6.50. The summed E-state index contributed by atoms with van der Waals surface area (Å²) in [5, 5.41) is 6.39. The summed E-state index contributed by atoms with van der Waals surface area (Å²) in [4.78, 5) is 40.2. The molecule has 1 atom stereocenters. The van der Waals surface area contributed by atoms with Gasteiger partial charge in [-0.1, -0.05) is 0 Å². The molecule has 2 heterocycles. The molecule has 0 bridgehead atoms. The van der Waals surface area contributed by atoms with Crippen LogP contribution in [0.5, 0.6) is 0 Å². The van der Waals surface area contributed by atoms with E-state index in [0.29, 0.717) is 19.1 Å². The number of rotatable bonds is 6. The lowest BCUT2D eigenvalue weighted by Gasteiger charge is -2.33. The molecule has 7 nitrogen and oxygen atoms in total. The molecule has 2 saturated carbocycles. The van der Waals surface area contributed by atoms with Gasteiger partial charge in [0, 0.05) is 19.1 Å². The average Bonchev–Trinajstić information content (AvgIpc) is 3.48. The van der Waals surface area contributed by atoms with E-state index in [1.165, 1.54) is 12.8 Å². The lowest BCUT2D eigenvalue weighted by molar-refractivity contribution is -0.139. The maximum Gasteiger partial charge on any atom is 0.325 e. The second-order valence-corrected chi connectivity index (χ2v) is 8.30. The number of imide groups is 1. The summed E-state index contributed by atoms with van der Waals surface area (Å²) < 4.78 is 0. The summed E-state index contributed by atoms with van der Waals surface area (Å²) in [6, 6.07) is 0.0632. The third-order valence-corrected chi connectivity index (χ3v) is 6.23. The zero-order valence-corrected chi connectivity index (χ0v) is 16.1. The zero-order chi connectivity index (χ0) is 17.6. The molecule has 0 spiro atoms. The van der Waals surface area contributed by atoms with E-state index in [-0.39, 0.29) is 36.7 Å². The Bertz CT molecular complexity index is 585. The van der Waals surface area contributed by atoms with Crippen molar-refractivity contribution >= 4 is 30.3 Å². The standard InChI is InChI=1S/C18H28N4O3.ClH/c1-18(13-4-5-13)16(24)22(17(25)20-18)11-15(23)21-8-6-14(7-9-21)19-10-12-2-3-12;/h12-14,19H,2-11H2,1H3,(H,20,25);1H. The van der Waals surface area contributed by atoms with Crippen molar-refractivity contribution in [1.29, 1.82) is 0 Å². The minimum atomic E-state index is -0.808. The van der Waals surface area contributed by atoms with Crippen LogP contribution in [0.25, 0.3) is 0 Å². The molecule has 146 valence electrons. The molecule has 2 saturated heterocycles. The zero-order valence-electron chi connectivity index (χ0n) is 15.3. The molecular weight excluding hydrogens is 356 g/mol. The molecule has 4 rings (SSSR count). The highest BCUT2D eigenvalue weighted by Crippen LogP contribution is 2.42. The van der Waals surface area contributed by atoms with Gasteiger partial charge >= 0.3 is 6.03 Å². The van der Waals surface area contributed by atoms with Gasteiger partial charge in [0.05, 0.1) is 0 Å². The largest absolute Gasteiger partial charge is 0.341 e. The fourth-order valence-electron chi connectivity index (χ4n) is 4.02. The summed E-state index contributed by atoms with van der Waals surface area (Å²) in [6.45, 7) is 4.15. The van der Waals surface area contributed by atoms with Crippen LogP contribution in [-0.2, 0) is 9.59 Å². The first-order chi connectivity index (χ1) is 12.0. The van der Waals surface area contributed by atoms with Gasteiger partial charge in [0.15, 0.2) is 0 Å². The number of carbonyl (C=O) groups excluding carboxylic acids is 3. The molecule has 2 aliphatic carbocycles. The quantitative estimate of drug-likeness (QED) is 0.672. The highest BCUT2D eigenvalue weighted by atomic mass is 35.5. The van der Waals surface area contributed by atoms with Crippen molar-refractivity contribution in [3.05, 3.63) is 0 Å². The Morgan fingerprint density at radius 3 is 2.38 bits per heavy atom. The van der Waals surface area contributed by atoms with Crippen molar-refractivity contribution in [2.45, 2.75) is 57.0 Å². The van der Waals surface area contributed by atoms with Crippen LogP contribution in [-0.4, -0.2) is 65.4 Å². The van der Waals surface area contributed by atoms with Crippen LogP contribution < -0.4 is 10.6 Å². The molecule has 8 heteroatoms. The van der Waals surface area contributed by atoms with Crippen LogP contribution in [0.1, 0.15) is 45.4 Å². The molecule has 26 heavy (non-hydrogen) atoms. The number of nitrogens with zero attached hydrogens (tertiary/aromatic N) is 2. The maximum absolute atomic E-state index is 12.6. The van der Waals surface area contributed by atoms with Crippen LogP contribution in [0, 0.1) is 11.8 Å². The first kappa shape index (κ1) is 19.4. The molecule has 2 aliphatic heterocycles. The van der Waals surface area contributed by atoms with E-state index in [2.05, 4.69) is 10.6 Å². The van der Waals surface area contributed by atoms with E-state index in [1.807, 2.05) is 0 Å².